The summed E-state index contributed by atoms with van der Waals surface area (Å²) in [5, 5.41) is 8.55. The van der Waals surface area contributed by atoms with Crippen molar-refractivity contribution in [2.45, 2.75) is 0 Å². The number of likely N-dealkylation sites (N-methyl/N-ethyl adjacent to an activating group) is 1. The van der Waals surface area contributed by atoms with Gasteiger partial charge in [0.2, 0.25) is 0 Å². The third kappa shape index (κ3) is 3.58. The molecule has 3 aromatic heterocycles. The first-order valence-corrected chi connectivity index (χ1v) is 9.14. The van der Waals surface area contributed by atoms with E-state index in [2.05, 4.69) is 37.3 Å². The molecule has 3 aromatic rings. The molecule has 0 saturated carbocycles. The molecule has 1 saturated heterocycles. The van der Waals surface area contributed by atoms with Crippen molar-refractivity contribution < 1.29 is 9.32 Å². The fraction of sp³-hybridized carbons (Fsp3) is 0.294. The second-order valence-electron chi connectivity index (χ2n) is 6.06. The fourth-order valence-electron chi connectivity index (χ4n) is 2.72. The molecule has 134 valence electrons. The van der Waals surface area contributed by atoms with Crippen LogP contribution in [0.3, 0.4) is 0 Å². The molecule has 0 radical (unpaired) electrons. The minimum atomic E-state index is -0.361. The first-order valence-electron chi connectivity index (χ1n) is 8.26. The van der Waals surface area contributed by atoms with Crippen LogP contribution in [0.5, 0.6) is 0 Å². The Morgan fingerprint density at radius 2 is 2.08 bits per heavy atom. The highest BCUT2D eigenvalue weighted by atomic mass is 32.1. The molecule has 1 aliphatic heterocycles. The predicted octanol–water partition coefficient (Wildman–Crippen LogP) is 2.20. The van der Waals surface area contributed by atoms with E-state index >= 15 is 0 Å². The Morgan fingerprint density at radius 3 is 2.85 bits per heavy atom. The van der Waals surface area contributed by atoms with Crippen molar-refractivity contribution >= 4 is 28.9 Å². The van der Waals surface area contributed by atoms with Crippen LogP contribution in [0.25, 0.3) is 10.6 Å². The summed E-state index contributed by atoms with van der Waals surface area (Å²) in [5.41, 5.74) is 0.216. The lowest BCUT2D eigenvalue weighted by Crippen LogP contribution is -2.44. The molecule has 0 spiro atoms. The molecule has 1 aliphatic rings. The van der Waals surface area contributed by atoms with E-state index in [4.69, 9.17) is 4.52 Å². The molecule has 4 rings (SSSR count). The van der Waals surface area contributed by atoms with Crippen molar-refractivity contribution in [1.82, 2.24) is 20.0 Å². The molecule has 0 unspecified atom stereocenters. The van der Waals surface area contributed by atoms with Gasteiger partial charge in [-0.05, 0) is 18.5 Å². The first kappa shape index (κ1) is 16.7. The van der Waals surface area contributed by atoms with Gasteiger partial charge in [-0.1, -0.05) is 11.2 Å². The normalized spacial score (nSPS) is 15.2. The summed E-state index contributed by atoms with van der Waals surface area (Å²) in [4.78, 5) is 26.3. The van der Waals surface area contributed by atoms with Crippen LogP contribution in [-0.2, 0) is 0 Å². The molecule has 9 heteroatoms. The van der Waals surface area contributed by atoms with E-state index in [0.29, 0.717) is 11.6 Å². The third-order valence-corrected chi connectivity index (χ3v) is 5.11. The van der Waals surface area contributed by atoms with Gasteiger partial charge in [-0.15, -0.1) is 11.3 Å². The van der Waals surface area contributed by atoms with E-state index in [-0.39, 0.29) is 11.6 Å². The van der Waals surface area contributed by atoms with Gasteiger partial charge in [-0.2, -0.15) is 0 Å². The van der Waals surface area contributed by atoms with E-state index in [0.717, 1.165) is 36.9 Å². The highest BCUT2D eigenvalue weighted by Gasteiger charge is 2.18. The Labute approximate surface area is 154 Å². The number of amides is 1. The standard InChI is InChI=1S/C17H18N6O2S/c1-22-4-6-23(7-5-22)16-10-15(18-11-19-16)20-17(24)12-9-13(25-21-12)14-3-2-8-26-14/h2-3,8-11H,4-7H2,1H3,(H,18,19,20,24). The molecule has 1 N–H and O–H groups in total. The van der Waals surface area contributed by atoms with Gasteiger partial charge in [0.05, 0.1) is 4.88 Å². The summed E-state index contributed by atoms with van der Waals surface area (Å²) in [6.07, 6.45) is 1.46. The number of anilines is 2. The van der Waals surface area contributed by atoms with Crippen molar-refractivity contribution in [3.63, 3.8) is 0 Å². The lowest BCUT2D eigenvalue weighted by Gasteiger charge is -2.33. The predicted molar refractivity (Wildman–Crippen MR) is 99.5 cm³/mol. The van der Waals surface area contributed by atoms with Crippen LogP contribution >= 0.6 is 11.3 Å². The Morgan fingerprint density at radius 1 is 1.23 bits per heavy atom. The maximum atomic E-state index is 12.4. The molecule has 26 heavy (non-hydrogen) atoms. The molecule has 1 fully saturated rings. The average Bonchev–Trinajstić information content (AvgIpc) is 3.34. The Balaban J connectivity index is 1.45. The van der Waals surface area contributed by atoms with Gasteiger partial charge in [0.15, 0.2) is 11.5 Å². The number of carbonyl (C=O) groups is 1. The van der Waals surface area contributed by atoms with E-state index in [1.165, 1.54) is 17.7 Å². The highest BCUT2D eigenvalue weighted by molar-refractivity contribution is 7.13. The molecule has 0 aliphatic carbocycles. The van der Waals surface area contributed by atoms with Crippen molar-refractivity contribution in [3.05, 3.63) is 41.7 Å². The number of thiophene rings is 1. The summed E-state index contributed by atoms with van der Waals surface area (Å²) < 4.78 is 5.25. The van der Waals surface area contributed by atoms with Crippen LogP contribution in [0.4, 0.5) is 11.6 Å². The number of nitrogens with one attached hydrogen (secondary N) is 1. The molecule has 0 atom stereocenters. The van der Waals surface area contributed by atoms with Gasteiger partial charge in [-0.3, -0.25) is 4.79 Å². The zero-order chi connectivity index (χ0) is 17.9. The lowest BCUT2D eigenvalue weighted by molar-refractivity contribution is 0.101. The summed E-state index contributed by atoms with van der Waals surface area (Å²) in [6.45, 7) is 3.76. The fourth-order valence-corrected chi connectivity index (χ4v) is 3.39. The maximum Gasteiger partial charge on any atom is 0.279 e. The number of piperazine rings is 1. The maximum absolute atomic E-state index is 12.4. The second kappa shape index (κ2) is 7.22. The number of rotatable bonds is 4. The zero-order valence-corrected chi connectivity index (χ0v) is 15.1. The van der Waals surface area contributed by atoms with Crippen LogP contribution in [0.15, 0.2) is 40.5 Å². The number of aromatic nitrogens is 3. The summed E-state index contributed by atoms with van der Waals surface area (Å²) in [5.74, 6) is 1.47. The van der Waals surface area contributed by atoms with Gasteiger partial charge >= 0.3 is 0 Å². The summed E-state index contributed by atoms with van der Waals surface area (Å²) >= 11 is 1.53. The Hall–Kier alpha value is -2.78. The van der Waals surface area contributed by atoms with Crippen molar-refractivity contribution in [2.24, 2.45) is 0 Å². The smallest absolute Gasteiger partial charge is 0.279 e. The zero-order valence-electron chi connectivity index (χ0n) is 14.3. The molecule has 4 heterocycles. The summed E-state index contributed by atoms with van der Waals surface area (Å²) in [7, 11) is 2.10. The molecular formula is C17H18N6O2S. The van der Waals surface area contributed by atoms with E-state index < -0.39 is 0 Å². The molecule has 8 nitrogen and oxygen atoms in total. The van der Waals surface area contributed by atoms with Crippen molar-refractivity contribution in [1.29, 1.82) is 0 Å². The average molecular weight is 370 g/mol. The first-order chi connectivity index (χ1) is 12.7. The summed E-state index contributed by atoms with van der Waals surface area (Å²) in [6, 6.07) is 7.25. The highest BCUT2D eigenvalue weighted by Crippen LogP contribution is 2.25. The van der Waals surface area contributed by atoms with Gasteiger partial charge in [0.25, 0.3) is 5.91 Å². The van der Waals surface area contributed by atoms with E-state index in [1.54, 1.807) is 12.1 Å². The molecule has 0 aromatic carbocycles. The quantitative estimate of drug-likeness (QED) is 0.753. The van der Waals surface area contributed by atoms with Crippen LogP contribution in [-0.4, -0.2) is 59.2 Å². The van der Waals surface area contributed by atoms with Gasteiger partial charge in [0, 0.05) is 38.3 Å². The third-order valence-electron chi connectivity index (χ3n) is 4.23. The SMILES string of the molecule is CN1CCN(c2cc(NC(=O)c3cc(-c4cccs4)on3)ncn2)CC1. The minimum absolute atomic E-state index is 0.216. The van der Waals surface area contributed by atoms with Gasteiger partial charge in [0.1, 0.15) is 18.0 Å². The van der Waals surface area contributed by atoms with Gasteiger partial charge < -0.3 is 19.6 Å². The van der Waals surface area contributed by atoms with Crippen LogP contribution < -0.4 is 10.2 Å². The molecular weight excluding hydrogens is 352 g/mol. The number of hydrogen-bond donors (Lipinski definition) is 1. The van der Waals surface area contributed by atoms with Crippen LogP contribution in [0, 0.1) is 0 Å². The van der Waals surface area contributed by atoms with Gasteiger partial charge in [-0.25, -0.2) is 9.97 Å². The molecule has 1 amide bonds. The monoisotopic (exact) mass is 370 g/mol. The van der Waals surface area contributed by atoms with E-state index in [9.17, 15) is 4.79 Å². The Kier molecular flexibility index (Phi) is 4.63. The van der Waals surface area contributed by atoms with Crippen LogP contribution in [0.2, 0.25) is 0 Å². The largest absolute Gasteiger partial charge is 0.355 e. The van der Waals surface area contributed by atoms with Crippen molar-refractivity contribution in [2.75, 3.05) is 43.4 Å². The number of hydrogen-bond acceptors (Lipinski definition) is 8. The lowest BCUT2D eigenvalue weighted by atomic mass is 10.3. The topological polar surface area (TPSA) is 87.4 Å². The van der Waals surface area contributed by atoms with Crippen LogP contribution in [0.1, 0.15) is 10.5 Å². The number of nitrogens with zero attached hydrogens (tertiary/aromatic N) is 5. The van der Waals surface area contributed by atoms with E-state index in [1.807, 2.05) is 17.5 Å². The number of carbonyl (C=O) groups excluding carboxylic acids is 1. The Bertz CT molecular complexity index is 886. The minimum Gasteiger partial charge on any atom is -0.355 e. The van der Waals surface area contributed by atoms with Crippen molar-refractivity contribution in [3.8, 4) is 10.6 Å². The second-order valence-corrected chi connectivity index (χ2v) is 7.01. The molecule has 0 bridgehead atoms.